The van der Waals surface area contributed by atoms with E-state index in [-0.39, 0.29) is 18.4 Å². The van der Waals surface area contributed by atoms with E-state index < -0.39 is 0 Å². The molecule has 1 N–H and O–H groups in total. The minimum Gasteiger partial charge on any atom is -0.464 e. The summed E-state index contributed by atoms with van der Waals surface area (Å²) in [5.41, 5.74) is 2.40. The van der Waals surface area contributed by atoms with Crippen molar-refractivity contribution in [2.75, 3.05) is 12.4 Å². The number of carbonyl (C=O) groups is 1. The zero-order chi connectivity index (χ0) is 10.7. The Hall–Kier alpha value is -1.74. The zero-order valence-electron chi connectivity index (χ0n) is 8.77. The summed E-state index contributed by atoms with van der Waals surface area (Å²) < 4.78 is 4.66. The number of para-hydroxylation sites is 1. The second-order valence-electron chi connectivity index (χ2n) is 3.14. The summed E-state index contributed by atoms with van der Waals surface area (Å²) in [7, 11) is 1.37. The summed E-state index contributed by atoms with van der Waals surface area (Å²) in [4.78, 5) is 11.3. The lowest BCUT2D eigenvalue weighted by Gasteiger charge is -2.09. The van der Waals surface area contributed by atoms with Gasteiger partial charge in [0.1, 0.15) is 5.70 Å². The number of allylic oxidation sites excluding steroid dienone is 2. The van der Waals surface area contributed by atoms with Crippen LogP contribution >= 0.6 is 12.4 Å². The van der Waals surface area contributed by atoms with Crippen LogP contribution in [-0.2, 0) is 9.53 Å². The number of nitrogens with one attached hydrogen (secondary N) is 1. The maximum absolute atomic E-state index is 11.3. The molecule has 0 aromatic heterocycles. The van der Waals surface area contributed by atoms with Crippen molar-refractivity contribution in [3.05, 3.63) is 47.7 Å². The highest BCUT2D eigenvalue weighted by molar-refractivity contribution is 5.94. The van der Waals surface area contributed by atoms with Crippen LogP contribution in [-0.4, -0.2) is 13.1 Å². The summed E-state index contributed by atoms with van der Waals surface area (Å²) >= 11 is 0. The van der Waals surface area contributed by atoms with Crippen LogP contribution in [0.5, 0.6) is 0 Å². The normalized spacial score (nSPS) is 12.4. The number of benzene rings is 1. The van der Waals surface area contributed by atoms with Crippen LogP contribution in [0.2, 0.25) is 0 Å². The van der Waals surface area contributed by atoms with E-state index in [0.717, 1.165) is 11.3 Å². The topological polar surface area (TPSA) is 38.3 Å². The van der Waals surface area contributed by atoms with E-state index in [1.165, 1.54) is 7.11 Å². The van der Waals surface area contributed by atoms with Crippen molar-refractivity contribution in [2.45, 2.75) is 0 Å². The number of anilines is 1. The van der Waals surface area contributed by atoms with E-state index in [1.807, 2.05) is 36.4 Å². The maximum atomic E-state index is 11.3. The predicted octanol–water partition coefficient (Wildman–Crippen LogP) is 2.60. The van der Waals surface area contributed by atoms with Crippen LogP contribution in [0.4, 0.5) is 5.69 Å². The van der Waals surface area contributed by atoms with Crippen LogP contribution in [0, 0.1) is 0 Å². The van der Waals surface area contributed by atoms with Crippen LogP contribution in [0.15, 0.2) is 42.1 Å². The van der Waals surface area contributed by atoms with E-state index in [0.29, 0.717) is 5.70 Å². The smallest absolute Gasteiger partial charge is 0.354 e. The maximum Gasteiger partial charge on any atom is 0.354 e. The third kappa shape index (κ3) is 2.44. The average Bonchev–Trinajstić information content (AvgIpc) is 2.49. The number of esters is 1. The van der Waals surface area contributed by atoms with E-state index >= 15 is 0 Å². The standard InChI is InChI=1S/C12H11NO2.ClH/c1-15-12(14)11-8-4-6-9-5-2-3-7-10(9)13-11;/h2-8,13H,1H3;1H. The molecule has 16 heavy (non-hydrogen) atoms. The fourth-order valence-electron chi connectivity index (χ4n) is 1.42. The second-order valence-corrected chi connectivity index (χ2v) is 3.14. The highest BCUT2D eigenvalue weighted by Gasteiger charge is 2.11. The molecule has 0 saturated carbocycles. The van der Waals surface area contributed by atoms with Gasteiger partial charge in [0.05, 0.1) is 7.11 Å². The molecule has 0 bridgehead atoms. The number of methoxy groups -OCH3 is 1. The molecule has 0 radical (unpaired) electrons. The molecule has 0 fully saturated rings. The Kier molecular flexibility index (Phi) is 4.14. The third-order valence-corrected chi connectivity index (χ3v) is 2.17. The highest BCUT2D eigenvalue weighted by atomic mass is 35.5. The van der Waals surface area contributed by atoms with Crippen molar-refractivity contribution < 1.29 is 9.53 Å². The van der Waals surface area contributed by atoms with Gasteiger partial charge in [-0.1, -0.05) is 30.4 Å². The summed E-state index contributed by atoms with van der Waals surface area (Å²) in [5.74, 6) is -0.364. The molecule has 0 saturated heterocycles. The van der Waals surface area contributed by atoms with Gasteiger partial charge in [-0.15, -0.1) is 12.4 Å². The largest absolute Gasteiger partial charge is 0.464 e. The molecule has 1 aliphatic heterocycles. The molecule has 1 aliphatic rings. The van der Waals surface area contributed by atoms with Gasteiger partial charge in [0.2, 0.25) is 0 Å². The Balaban J connectivity index is 0.00000128. The van der Waals surface area contributed by atoms with Crippen molar-refractivity contribution in [1.82, 2.24) is 0 Å². The molecule has 0 atom stereocenters. The zero-order valence-corrected chi connectivity index (χ0v) is 9.58. The molecule has 1 aromatic rings. The fraction of sp³-hybridized carbons (Fsp3) is 0.0833. The lowest BCUT2D eigenvalue weighted by Crippen LogP contribution is -2.12. The average molecular weight is 238 g/mol. The van der Waals surface area contributed by atoms with Crippen molar-refractivity contribution >= 4 is 30.1 Å². The highest BCUT2D eigenvalue weighted by Crippen LogP contribution is 2.21. The molecule has 1 heterocycles. The predicted molar refractivity (Wildman–Crippen MR) is 66.4 cm³/mol. The minimum absolute atomic E-state index is 0. The first-order valence-electron chi connectivity index (χ1n) is 4.64. The van der Waals surface area contributed by atoms with Gasteiger partial charge in [-0.25, -0.2) is 4.79 Å². The number of halogens is 1. The molecule has 2 rings (SSSR count). The van der Waals surface area contributed by atoms with E-state index in [2.05, 4.69) is 10.1 Å². The SMILES string of the molecule is COC(=O)C1=CC=Cc2ccccc2N1.Cl. The summed E-state index contributed by atoms with van der Waals surface area (Å²) in [6.45, 7) is 0. The quantitative estimate of drug-likeness (QED) is 0.763. The van der Waals surface area contributed by atoms with Gasteiger partial charge in [-0.3, -0.25) is 0 Å². The van der Waals surface area contributed by atoms with Crippen molar-refractivity contribution in [3.63, 3.8) is 0 Å². The van der Waals surface area contributed by atoms with Crippen molar-refractivity contribution in [2.24, 2.45) is 0 Å². The number of fused-ring (bicyclic) bond motifs is 1. The molecule has 0 aliphatic carbocycles. The number of hydrogen-bond donors (Lipinski definition) is 1. The van der Waals surface area contributed by atoms with Crippen molar-refractivity contribution in [3.8, 4) is 0 Å². The Morgan fingerprint density at radius 1 is 1.31 bits per heavy atom. The molecular weight excluding hydrogens is 226 g/mol. The molecule has 4 heteroatoms. The first-order chi connectivity index (χ1) is 7.31. The molecule has 0 amide bonds. The Morgan fingerprint density at radius 2 is 2.06 bits per heavy atom. The van der Waals surface area contributed by atoms with Gasteiger partial charge in [-0.05, 0) is 17.7 Å². The first kappa shape index (κ1) is 12.3. The van der Waals surface area contributed by atoms with Crippen molar-refractivity contribution in [1.29, 1.82) is 0 Å². The lowest BCUT2D eigenvalue weighted by molar-refractivity contribution is -0.135. The molecule has 0 spiro atoms. The van der Waals surface area contributed by atoms with E-state index in [4.69, 9.17) is 0 Å². The monoisotopic (exact) mass is 237 g/mol. The number of ether oxygens (including phenoxy) is 1. The molecule has 3 nitrogen and oxygen atoms in total. The summed E-state index contributed by atoms with van der Waals surface area (Å²) in [6, 6.07) is 7.77. The summed E-state index contributed by atoms with van der Waals surface area (Å²) in [5, 5.41) is 3.03. The second kappa shape index (κ2) is 5.37. The Morgan fingerprint density at radius 3 is 2.81 bits per heavy atom. The van der Waals surface area contributed by atoms with E-state index in [1.54, 1.807) is 6.08 Å². The van der Waals surface area contributed by atoms with Crippen LogP contribution in [0.3, 0.4) is 0 Å². The number of hydrogen-bond acceptors (Lipinski definition) is 3. The Labute approximate surface area is 100 Å². The lowest BCUT2D eigenvalue weighted by atomic mass is 10.2. The Bertz CT molecular complexity index is 452. The molecular formula is C12H12ClNO2. The van der Waals surface area contributed by atoms with Gasteiger partial charge < -0.3 is 10.1 Å². The summed E-state index contributed by atoms with van der Waals surface area (Å²) in [6.07, 6.45) is 5.47. The minimum atomic E-state index is -0.364. The first-order valence-corrected chi connectivity index (χ1v) is 4.64. The molecule has 1 aromatic carbocycles. The van der Waals surface area contributed by atoms with Crippen LogP contribution in [0.1, 0.15) is 5.56 Å². The molecule has 84 valence electrons. The van der Waals surface area contributed by atoms with Gasteiger partial charge in [0.15, 0.2) is 0 Å². The fourth-order valence-corrected chi connectivity index (χ4v) is 1.42. The third-order valence-electron chi connectivity index (χ3n) is 2.17. The van der Waals surface area contributed by atoms with E-state index in [9.17, 15) is 4.79 Å². The number of rotatable bonds is 1. The van der Waals surface area contributed by atoms with Crippen LogP contribution in [0.25, 0.3) is 6.08 Å². The van der Waals surface area contributed by atoms with Gasteiger partial charge in [-0.2, -0.15) is 0 Å². The van der Waals surface area contributed by atoms with Gasteiger partial charge in [0.25, 0.3) is 0 Å². The van der Waals surface area contributed by atoms with Gasteiger partial charge in [0, 0.05) is 5.69 Å². The van der Waals surface area contributed by atoms with Crippen LogP contribution < -0.4 is 5.32 Å². The number of carbonyl (C=O) groups excluding carboxylic acids is 1. The molecule has 0 unspecified atom stereocenters. The van der Waals surface area contributed by atoms with Gasteiger partial charge >= 0.3 is 5.97 Å².